The summed E-state index contributed by atoms with van der Waals surface area (Å²) in [5.74, 6) is 0.0285. The highest BCUT2D eigenvalue weighted by atomic mass is 16.4. The maximum atomic E-state index is 12.7. The first kappa shape index (κ1) is 15.6. The van der Waals surface area contributed by atoms with E-state index >= 15 is 0 Å². The van der Waals surface area contributed by atoms with Gasteiger partial charge in [-0.1, -0.05) is 0 Å². The molecule has 130 valence electrons. The number of aryl methyl sites for hydroxylation is 1. The highest BCUT2D eigenvalue weighted by molar-refractivity contribution is 5.93. The molecule has 8 heteroatoms. The first-order valence-corrected chi connectivity index (χ1v) is 8.53. The van der Waals surface area contributed by atoms with Gasteiger partial charge in [-0.3, -0.25) is 9.48 Å². The number of carbonyl (C=O) groups excluding carboxylic acids is 1. The van der Waals surface area contributed by atoms with Gasteiger partial charge in [-0.05, 0) is 25.5 Å². The Morgan fingerprint density at radius 3 is 3.00 bits per heavy atom. The minimum atomic E-state index is 0.0285. The maximum Gasteiger partial charge on any atom is 0.300 e. The molecule has 8 nitrogen and oxygen atoms in total. The lowest BCUT2D eigenvalue weighted by atomic mass is 10.3. The molecule has 3 aromatic rings. The minimum absolute atomic E-state index is 0.0285. The molecule has 0 aromatic carbocycles. The van der Waals surface area contributed by atoms with Crippen molar-refractivity contribution in [2.24, 2.45) is 0 Å². The molecule has 0 N–H and O–H groups in total. The molecule has 4 heterocycles. The van der Waals surface area contributed by atoms with Crippen LogP contribution in [0.25, 0.3) is 11.2 Å². The van der Waals surface area contributed by atoms with Gasteiger partial charge in [0, 0.05) is 45.1 Å². The van der Waals surface area contributed by atoms with Gasteiger partial charge in [-0.25, -0.2) is 4.98 Å². The quantitative estimate of drug-likeness (QED) is 0.723. The Balaban J connectivity index is 1.47. The highest BCUT2D eigenvalue weighted by Crippen LogP contribution is 2.21. The van der Waals surface area contributed by atoms with E-state index in [1.165, 1.54) is 0 Å². The lowest BCUT2D eigenvalue weighted by Gasteiger charge is -2.20. The van der Waals surface area contributed by atoms with Gasteiger partial charge in [0.15, 0.2) is 5.58 Å². The molecule has 0 saturated carbocycles. The van der Waals surface area contributed by atoms with Crippen molar-refractivity contribution in [3.05, 3.63) is 36.3 Å². The number of anilines is 1. The normalized spacial score (nSPS) is 15.6. The summed E-state index contributed by atoms with van der Waals surface area (Å²) < 4.78 is 7.56. The summed E-state index contributed by atoms with van der Waals surface area (Å²) in [6.07, 6.45) is 6.01. The van der Waals surface area contributed by atoms with Crippen molar-refractivity contribution >= 4 is 23.2 Å². The number of nitrogens with zero attached hydrogens (tertiary/aromatic N) is 6. The van der Waals surface area contributed by atoms with Gasteiger partial charge in [-0.2, -0.15) is 10.1 Å². The van der Waals surface area contributed by atoms with E-state index in [1.807, 2.05) is 24.0 Å². The van der Waals surface area contributed by atoms with Gasteiger partial charge in [0.05, 0.1) is 11.8 Å². The molecule has 1 saturated heterocycles. The average molecular weight is 340 g/mol. The molecular weight excluding hydrogens is 320 g/mol. The first-order chi connectivity index (χ1) is 12.2. The lowest BCUT2D eigenvalue weighted by molar-refractivity contribution is 0.0767. The third-order valence-corrected chi connectivity index (χ3v) is 4.41. The number of hydrogen-bond donors (Lipinski definition) is 0. The summed E-state index contributed by atoms with van der Waals surface area (Å²) in [4.78, 5) is 25.3. The van der Waals surface area contributed by atoms with Crippen LogP contribution in [0.15, 0.2) is 35.1 Å². The van der Waals surface area contributed by atoms with Crippen LogP contribution in [-0.4, -0.2) is 56.7 Å². The number of pyridine rings is 1. The molecule has 0 spiro atoms. The largest absolute Gasteiger partial charge is 0.422 e. The third-order valence-electron chi connectivity index (χ3n) is 4.41. The summed E-state index contributed by atoms with van der Waals surface area (Å²) in [6, 6.07) is 4.26. The van der Waals surface area contributed by atoms with Crippen LogP contribution in [-0.2, 0) is 6.54 Å². The molecule has 0 aliphatic carbocycles. The van der Waals surface area contributed by atoms with Gasteiger partial charge in [0.25, 0.3) is 11.9 Å². The second-order valence-electron chi connectivity index (χ2n) is 6.04. The highest BCUT2D eigenvalue weighted by Gasteiger charge is 2.23. The topological polar surface area (TPSA) is 80.3 Å². The van der Waals surface area contributed by atoms with Crippen LogP contribution in [0.1, 0.15) is 23.7 Å². The third kappa shape index (κ3) is 3.07. The van der Waals surface area contributed by atoms with Crippen molar-refractivity contribution in [3.8, 4) is 0 Å². The molecule has 0 radical (unpaired) electrons. The maximum absolute atomic E-state index is 12.7. The van der Waals surface area contributed by atoms with E-state index in [1.54, 1.807) is 23.3 Å². The standard InChI is InChI=1S/C17H20N6O2/c1-2-23-12-13(11-19-23)16(24)21-7-4-8-22(10-9-21)17-20-15-14(25-17)5-3-6-18-15/h3,5-6,11-12H,2,4,7-10H2,1H3. The van der Waals surface area contributed by atoms with Crippen LogP contribution in [0.3, 0.4) is 0 Å². The minimum Gasteiger partial charge on any atom is -0.422 e. The number of aromatic nitrogens is 4. The zero-order chi connectivity index (χ0) is 17.2. The SMILES string of the molecule is CCn1cc(C(=O)N2CCCN(c3nc4ncccc4o3)CC2)cn1. The van der Waals surface area contributed by atoms with E-state index < -0.39 is 0 Å². The molecular formula is C17H20N6O2. The number of fused-ring (bicyclic) bond motifs is 1. The number of carbonyl (C=O) groups is 1. The van der Waals surface area contributed by atoms with E-state index in [0.29, 0.717) is 42.4 Å². The van der Waals surface area contributed by atoms with Gasteiger partial charge in [-0.15, -0.1) is 0 Å². The second kappa shape index (κ2) is 6.54. The van der Waals surface area contributed by atoms with Gasteiger partial charge < -0.3 is 14.2 Å². The Morgan fingerprint density at radius 2 is 2.20 bits per heavy atom. The molecule has 0 atom stereocenters. The zero-order valence-electron chi connectivity index (χ0n) is 14.1. The Kier molecular flexibility index (Phi) is 4.09. The number of rotatable bonds is 3. The van der Waals surface area contributed by atoms with Gasteiger partial charge in [0.1, 0.15) is 0 Å². The predicted molar refractivity (Wildman–Crippen MR) is 92.4 cm³/mol. The van der Waals surface area contributed by atoms with Crippen LogP contribution in [0.2, 0.25) is 0 Å². The van der Waals surface area contributed by atoms with Crippen molar-refractivity contribution in [1.29, 1.82) is 0 Å². The van der Waals surface area contributed by atoms with E-state index in [9.17, 15) is 4.79 Å². The van der Waals surface area contributed by atoms with E-state index in [-0.39, 0.29) is 5.91 Å². The molecule has 0 unspecified atom stereocenters. The Labute approximate surface area is 145 Å². The van der Waals surface area contributed by atoms with Crippen LogP contribution in [0, 0.1) is 0 Å². The number of amides is 1. The summed E-state index contributed by atoms with van der Waals surface area (Å²) >= 11 is 0. The Hall–Kier alpha value is -2.90. The molecule has 1 fully saturated rings. The monoisotopic (exact) mass is 340 g/mol. The first-order valence-electron chi connectivity index (χ1n) is 8.53. The lowest BCUT2D eigenvalue weighted by Crippen LogP contribution is -2.35. The second-order valence-corrected chi connectivity index (χ2v) is 6.04. The van der Waals surface area contributed by atoms with Crippen molar-refractivity contribution in [1.82, 2.24) is 24.6 Å². The summed E-state index contributed by atoms with van der Waals surface area (Å²) in [5.41, 5.74) is 1.93. The summed E-state index contributed by atoms with van der Waals surface area (Å²) in [6.45, 7) is 5.58. The van der Waals surface area contributed by atoms with Crippen LogP contribution >= 0.6 is 0 Å². The molecule has 0 bridgehead atoms. The van der Waals surface area contributed by atoms with Crippen LogP contribution in [0.4, 0.5) is 6.01 Å². The zero-order valence-corrected chi connectivity index (χ0v) is 14.1. The van der Waals surface area contributed by atoms with Crippen molar-refractivity contribution < 1.29 is 9.21 Å². The molecule has 25 heavy (non-hydrogen) atoms. The fourth-order valence-electron chi connectivity index (χ4n) is 3.03. The molecule has 4 rings (SSSR count). The summed E-state index contributed by atoms with van der Waals surface area (Å²) in [7, 11) is 0. The van der Waals surface area contributed by atoms with Gasteiger partial charge >= 0.3 is 0 Å². The Morgan fingerprint density at radius 1 is 1.28 bits per heavy atom. The van der Waals surface area contributed by atoms with E-state index in [2.05, 4.69) is 20.0 Å². The van der Waals surface area contributed by atoms with Crippen molar-refractivity contribution in [2.45, 2.75) is 19.9 Å². The average Bonchev–Trinajstić information content (AvgIpc) is 3.22. The number of hydrogen-bond acceptors (Lipinski definition) is 6. The molecule has 3 aromatic heterocycles. The molecule has 1 amide bonds. The predicted octanol–water partition coefficient (Wildman–Crippen LogP) is 1.79. The fraction of sp³-hybridized carbons (Fsp3) is 0.412. The van der Waals surface area contributed by atoms with Crippen LogP contribution in [0.5, 0.6) is 0 Å². The van der Waals surface area contributed by atoms with E-state index in [0.717, 1.165) is 19.5 Å². The fourth-order valence-corrected chi connectivity index (χ4v) is 3.03. The molecule has 1 aliphatic rings. The summed E-state index contributed by atoms with van der Waals surface area (Å²) in [5, 5.41) is 4.19. The van der Waals surface area contributed by atoms with Crippen LogP contribution < -0.4 is 4.90 Å². The van der Waals surface area contributed by atoms with E-state index in [4.69, 9.17) is 4.42 Å². The number of oxazole rings is 1. The Bertz CT molecular complexity index is 853. The smallest absolute Gasteiger partial charge is 0.300 e. The van der Waals surface area contributed by atoms with Gasteiger partial charge in [0.2, 0.25) is 5.65 Å². The molecule has 1 aliphatic heterocycles. The van der Waals surface area contributed by atoms with Crippen molar-refractivity contribution in [3.63, 3.8) is 0 Å². The van der Waals surface area contributed by atoms with Crippen molar-refractivity contribution in [2.75, 3.05) is 31.1 Å².